The van der Waals surface area contributed by atoms with Crippen LogP contribution in [0.4, 0.5) is 15.8 Å². The minimum atomic E-state index is -1.15. The standard InChI is InChI=1S/C13H13FN2O7/c1-21-11-6-10(16(19)20)7(14)4-8(11)15-9(13(18)23-3)5-12(17)22-2/h4-6,15H,1-3H3/b9-5+. The number of carbonyl (C=O) groups is 2. The van der Waals surface area contributed by atoms with Gasteiger partial charge in [0.1, 0.15) is 11.4 Å². The number of anilines is 1. The zero-order valence-electron chi connectivity index (χ0n) is 12.4. The summed E-state index contributed by atoms with van der Waals surface area (Å²) < 4.78 is 27.5. The van der Waals surface area contributed by atoms with Gasteiger partial charge in [-0.3, -0.25) is 10.1 Å². The number of hydrogen-bond donors (Lipinski definition) is 1. The molecular formula is C13H13FN2O7. The number of methoxy groups -OCH3 is 3. The summed E-state index contributed by atoms with van der Waals surface area (Å²) in [5, 5.41) is 13.1. The first kappa shape index (κ1) is 17.9. The number of carbonyl (C=O) groups excluding carboxylic acids is 2. The fraction of sp³-hybridized carbons (Fsp3) is 0.231. The van der Waals surface area contributed by atoms with Gasteiger partial charge < -0.3 is 19.5 Å². The van der Waals surface area contributed by atoms with Gasteiger partial charge in [0, 0.05) is 6.07 Å². The minimum absolute atomic E-state index is 0.113. The maximum atomic E-state index is 13.7. The number of hydrogen-bond acceptors (Lipinski definition) is 8. The van der Waals surface area contributed by atoms with Crippen LogP contribution < -0.4 is 10.1 Å². The molecule has 1 aromatic carbocycles. The van der Waals surface area contributed by atoms with Gasteiger partial charge in [-0.2, -0.15) is 4.39 Å². The number of rotatable bonds is 6. The lowest BCUT2D eigenvalue weighted by atomic mass is 10.2. The average Bonchev–Trinajstić information content (AvgIpc) is 2.53. The molecule has 0 bridgehead atoms. The molecule has 0 spiro atoms. The van der Waals surface area contributed by atoms with Crippen LogP contribution in [0.15, 0.2) is 23.9 Å². The molecule has 1 N–H and O–H groups in total. The second-order valence-electron chi connectivity index (χ2n) is 3.96. The smallest absolute Gasteiger partial charge is 0.354 e. The third-order valence-electron chi connectivity index (χ3n) is 2.60. The minimum Gasteiger partial charge on any atom is -0.494 e. The van der Waals surface area contributed by atoms with E-state index in [1.165, 1.54) is 7.11 Å². The number of nitrogens with one attached hydrogen (secondary N) is 1. The van der Waals surface area contributed by atoms with Crippen molar-refractivity contribution in [3.05, 3.63) is 39.8 Å². The number of nitrogens with zero attached hydrogens (tertiary/aromatic N) is 1. The molecule has 0 saturated carbocycles. The molecule has 9 nitrogen and oxygen atoms in total. The molecule has 1 rings (SSSR count). The second kappa shape index (κ2) is 7.73. The van der Waals surface area contributed by atoms with Crippen molar-refractivity contribution in [1.29, 1.82) is 0 Å². The largest absolute Gasteiger partial charge is 0.494 e. The van der Waals surface area contributed by atoms with Crippen molar-refractivity contribution < 1.29 is 33.1 Å². The molecule has 124 valence electrons. The fourth-order valence-corrected chi connectivity index (χ4v) is 1.53. The first-order valence-electron chi connectivity index (χ1n) is 6.01. The molecule has 1 aromatic rings. The van der Waals surface area contributed by atoms with Crippen LogP contribution in [0.5, 0.6) is 5.75 Å². The van der Waals surface area contributed by atoms with Crippen LogP contribution in [0, 0.1) is 15.9 Å². The van der Waals surface area contributed by atoms with E-state index in [4.69, 9.17) is 4.74 Å². The average molecular weight is 328 g/mol. The summed E-state index contributed by atoms with van der Waals surface area (Å²) in [5.41, 5.74) is -1.29. The highest BCUT2D eigenvalue weighted by atomic mass is 19.1. The number of halogens is 1. The van der Waals surface area contributed by atoms with E-state index < -0.39 is 28.4 Å². The van der Waals surface area contributed by atoms with Gasteiger partial charge in [0.25, 0.3) is 0 Å². The number of nitro benzene ring substituents is 1. The third-order valence-corrected chi connectivity index (χ3v) is 2.60. The maximum absolute atomic E-state index is 13.7. The predicted molar refractivity (Wildman–Crippen MR) is 75.3 cm³/mol. The lowest BCUT2D eigenvalue weighted by Crippen LogP contribution is -2.16. The molecule has 0 radical (unpaired) electrons. The van der Waals surface area contributed by atoms with Crippen LogP contribution in [0.25, 0.3) is 0 Å². The van der Waals surface area contributed by atoms with Crippen LogP contribution in [-0.4, -0.2) is 38.2 Å². The van der Waals surface area contributed by atoms with E-state index in [1.54, 1.807) is 0 Å². The summed E-state index contributed by atoms with van der Waals surface area (Å²) in [6, 6.07) is 1.59. The molecule has 23 heavy (non-hydrogen) atoms. The molecule has 0 heterocycles. The van der Waals surface area contributed by atoms with E-state index in [0.29, 0.717) is 0 Å². The summed E-state index contributed by atoms with van der Waals surface area (Å²) >= 11 is 0. The zero-order chi connectivity index (χ0) is 17.6. The highest BCUT2D eigenvalue weighted by Gasteiger charge is 2.21. The molecule has 0 amide bonds. The quantitative estimate of drug-likeness (QED) is 0.360. The molecule has 0 aromatic heterocycles. The van der Waals surface area contributed by atoms with E-state index in [1.807, 2.05) is 0 Å². The summed E-state index contributed by atoms with van der Waals surface area (Å²) in [5.74, 6) is -3.06. The Bertz CT molecular complexity index is 673. The summed E-state index contributed by atoms with van der Waals surface area (Å²) in [6.07, 6.45) is 0.782. The predicted octanol–water partition coefficient (Wildman–Crippen LogP) is 1.38. The molecule has 0 saturated heterocycles. The Morgan fingerprint density at radius 3 is 2.39 bits per heavy atom. The molecule has 0 aliphatic carbocycles. The van der Waals surface area contributed by atoms with E-state index in [0.717, 1.165) is 32.4 Å². The Kier molecular flexibility index (Phi) is 6.01. The summed E-state index contributed by atoms with van der Waals surface area (Å²) in [7, 11) is 3.37. The highest BCUT2D eigenvalue weighted by molar-refractivity contribution is 5.99. The number of ether oxygens (including phenoxy) is 3. The Labute approximate surface area is 129 Å². The van der Waals surface area contributed by atoms with Crippen LogP contribution in [0.3, 0.4) is 0 Å². The topological polar surface area (TPSA) is 117 Å². The molecule has 0 aliphatic rings. The molecular weight excluding hydrogens is 315 g/mol. The third kappa shape index (κ3) is 4.40. The van der Waals surface area contributed by atoms with Gasteiger partial charge in [-0.1, -0.05) is 0 Å². The van der Waals surface area contributed by atoms with Crippen LogP contribution in [0.1, 0.15) is 0 Å². The van der Waals surface area contributed by atoms with E-state index in [-0.39, 0.29) is 17.1 Å². The van der Waals surface area contributed by atoms with E-state index in [9.17, 15) is 24.1 Å². The summed E-state index contributed by atoms with van der Waals surface area (Å²) in [6.45, 7) is 0. The van der Waals surface area contributed by atoms with Gasteiger partial charge in [-0.25, -0.2) is 9.59 Å². The Morgan fingerprint density at radius 2 is 1.91 bits per heavy atom. The van der Waals surface area contributed by atoms with E-state index >= 15 is 0 Å². The van der Waals surface area contributed by atoms with Gasteiger partial charge in [-0.15, -0.1) is 0 Å². The normalized spacial score (nSPS) is 10.7. The Balaban J connectivity index is 3.30. The molecule has 0 aliphatic heterocycles. The molecule has 10 heteroatoms. The van der Waals surface area contributed by atoms with Crippen molar-refractivity contribution in [2.75, 3.05) is 26.6 Å². The lowest BCUT2D eigenvalue weighted by Gasteiger charge is -2.12. The lowest BCUT2D eigenvalue weighted by molar-refractivity contribution is -0.387. The Hall–Kier alpha value is -3.17. The first-order valence-corrected chi connectivity index (χ1v) is 6.01. The molecule has 0 atom stereocenters. The van der Waals surface area contributed by atoms with Gasteiger partial charge >= 0.3 is 17.6 Å². The van der Waals surface area contributed by atoms with Gasteiger partial charge in [-0.05, 0) is 0 Å². The summed E-state index contributed by atoms with van der Waals surface area (Å²) in [4.78, 5) is 32.7. The van der Waals surface area contributed by atoms with Crippen molar-refractivity contribution in [2.24, 2.45) is 0 Å². The van der Waals surface area contributed by atoms with Gasteiger partial charge in [0.2, 0.25) is 5.82 Å². The molecule has 0 unspecified atom stereocenters. The maximum Gasteiger partial charge on any atom is 0.354 e. The van der Waals surface area contributed by atoms with Crippen LogP contribution in [0.2, 0.25) is 0 Å². The van der Waals surface area contributed by atoms with Crippen molar-refractivity contribution in [2.45, 2.75) is 0 Å². The number of esters is 2. The zero-order valence-corrected chi connectivity index (χ0v) is 12.4. The first-order chi connectivity index (χ1) is 10.8. The molecule has 0 fully saturated rings. The van der Waals surface area contributed by atoms with Crippen LogP contribution >= 0.6 is 0 Å². The second-order valence-corrected chi connectivity index (χ2v) is 3.96. The number of benzene rings is 1. The van der Waals surface area contributed by atoms with Gasteiger partial charge in [0.05, 0.1) is 44.1 Å². The van der Waals surface area contributed by atoms with Crippen molar-refractivity contribution in [1.82, 2.24) is 0 Å². The van der Waals surface area contributed by atoms with Crippen molar-refractivity contribution in [3.63, 3.8) is 0 Å². The Morgan fingerprint density at radius 1 is 1.26 bits per heavy atom. The highest BCUT2D eigenvalue weighted by Crippen LogP contribution is 2.32. The van der Waals surface area contributed by atoms with Gasteiger partial charge in [0.15, 0.2) is 0 Å². The SMILES string of the molecule is COC(=O)/C=C(/Nc1cc(F)c([N+](=O)[O-])cc1OC)C(=O)OC. The fourth-order valence-electron chi connectivity index (χ4n) is 1.53. The number of nitro groups is 1. The van der Waals surface area contributed by atoms with E-state index in [2.05, 4.69) is 14.8 Å². The van der Waals surface area contributed by atoms with Crippen molar-refractivity contribution in [3.8, 4) is 5.75 Å². The monoisotopic (exact) mass is 328 g/mol. The van der Waals surface area contributed by atoms with Crippen LogP contribution in [-0.2, 0) is 19.1 Å². The van der Waals surface area contributed by atoms with Crippen molar-refractivity contribution >= 4 is 23.3 Å².